The quantitative estimate of drug-likeness (QED) is 0.155. The second-order valence-corrected chi connectivity index (χ2v) is 14.2. The molecule has 1 fully saturated rings. The fourth-order valence-corrected chi connectivity index (χ4v) is 7.59. The van der Waals surface area contributed by atoms with E-state index in [4.69, 9.17) is 4.74 Å². The summed E-state index contributed by atoms with van der Waals surface area (Å²) in [5, 5.41) is 13.6. The van der Waals surface area contributed by atoms with Crippen LogP contribution in [-0.4, -0.2) is 47.3 Å². The summed E-state index contributed by atoms with van der Waals surface area (Å²) < 4.78 is 36.8. The van der Waals surface area contributed by atoms with Crippen molar-refractivity contribution in [1.29, 1.82) is 0 Å². The van der Waals surface area contributed by atoms with E-state index in [2.05, 4.69) is 20.0 Å². The van der Waals surface area contributed by atoms with E-state index >= 15 is 0 Å². The van der Waals surface area contributed by atoms with Crippen LogP contribution < -0.4 is 20.5 Å². The van der Waals surface area contributed by atoms with Gasteiger partial charge in [0, 0.05) is 48.6 Å². The summed E-state index contributed by atoms with van der Waals surface area (Å²) in [6.45, 7) is 0.973. The van der Waals surface area contributed by atoms with Crippen LogP contribution in [-0.2, 0) is 22.9 Å². The molecule has 4 aromatic rings. The number of ether oxygens (including phenoxy) is 1. The molecule has 2 aromatic heterocycles. The number of aromatic amines is 1. The lowest BCUT2D eigenvalue weighted by Gasteiger charge is -2.27. The number of nitrogens with zero attached hydrogens (tertiary/aromatic N) is 2. The lowest BCUT2D eigenvalue weighted by Crippen LogP contribution is -2.36. The van der Waals surface area contributed by atoms with Crippen molar-refractivity contribution in [2.24, 2.45) is 5.92 Å². The normalized spacial score (nSPS) is 17.6. The minimum Gasteiger partial charge on any atom is -0.489 e. The Morgan fingerprint density at radius 2 is 1.89 bits per heavy atom. The number of benzene rings is 2. The maximum absolute atomic E-state index is 13.2. The van der Waals surface area contributed by atoms with Gasteiger partial charge in [-0.15, -0.1) is 0 Å². The van der Waals surface area contributed by atoms with E-state index in [1.54, 1.807) is 42.7 Å². The predicted molar refractivity (Wildman–Crippen MR) is 178 cm³/mol. The number of aliphatic hydroxyl groups is 1. The first-order valence-electron chi connectivity index (χ1n) is 16.4. The molecule has 244 valence electrons. The number of H-pyrrole nitrogens is 1. The Hall–Kier alpha value is -3.93. The zero-order valence-corrected chi connectivity index (χ0v) is 26.8. The van der Waals surface area contributed by atoms with E-state index in [0.29, 0.717) is 24.5 Å². The van der Waals surface area contributed by atoms with Crippen LogP contribution in [0.15, 0.2) is 82.9 Å². The molecule has 0 saturated heterocycles. The fraction of sp³-hybridized carbons (Fsp3) is 0.429. The van der Waals surface area contributed by atoms with Gasteiger partial charge >= 0.3 is 5.69 Å². The van der Waals surface area contributed by atoms with E-state index in [-0.39, 0.29) is 16.7 Å². The summed E-state index contributed by atoms with van der Waals surface area (Å²) in [5.41, 5.74) is 3.44. The molecular formula is C35H43N5O5S. The topological polar surface area (TPSA) is 138 Å². The smallest absolute Gasteiger partial charge is 0.330 e. The SMILES string of the molecule is O=c1[nH]c(CCCC2CCCCC2)cn1-c1ccc(S(=O)(=O)Nc2ccc3c(c2)CCC(CNCC(O)c2cccnc2)O3)cc1. The largest absolute Gasteiger partial charge is 0.489 e. The van der Waals surface area contributed by atoms with Gasteiger partial charge in [-0.05, 0) is 85.7 Å². The highest BCUT2D eigenvalue weighted by atomic mass is 32.2. The summed E-state index contributed by atoms with van der Waals surface area (Å²) in [4.78, 5) is 19.8. The molecule has 0 spiro atoms. The number of pyridine rings is 1. The van der Waals surface area contributed by atoms with Crippen LogP contribution in [0.2, 0.25) is 0 Å². The first kappa shape index (κ1) is 32.0. The van der Waals surface area contributed by atoms with Gasteiger partial charge in [-0.1, -0.05) is 44.6 Å². The molecule has 6 rings (SSSR count). The van der Waals surface area contributed by atoms with E-state index in [1.165, 1.54) is 55.2 Å². The van der Waals surface area contributed by atoms with Gasteiger partial charge in [-0.2, -0.15) is 0 Å². The lowest BCUT2D eigenvalue weighted by molar-refractivity contribution is 0.146. The van der Waals surface area contributed by atoms with Crippen LogP contribution in [0.4, 0.5) is 5.69 Å². The summed E-state index contributed by atoms with van der Waals surface area (Å²) >= 11 is 0. The Morgan fingerprint density at radius 3 is 2.67 bits per heavy atom. The standard InChI is InChI=1S/C35H43N5O5S/c41-33(27-9-5-19-36-21-27)23-37-22-31-15-11-26-20-28(12-18-34(26)45-31)39-46(43,44)32-16-13-30(14-17-32)40-24-29(38-35(40)42)10-4-8-25-6-2-1-3-7-25/h5,9,12-14,16-21,24-25,31,33,37,39,41H,1-4,6-8,10-11,15,22-23H2,(H,38,42). The minimum atomic E-state index is -3.84. The molecule has 2 aromatic carbocycles. The molecule has 3 heterocycles. The molecule has 4 N–H and O–H groups in total. The van der Waals surface area contributed by atoms with Crippen molar-refractivity contribution in [2.75, 3.05) is 17.8 Å². The number of nitrogens with one attached hydrogen (secondary N) is 3. The second-order valence-electron chi connectivity index (χ2n) is 12.5. The monoisotopic (exact) mass is 645 g/mol. The summed E-state index contributed by atoms with van der Waals surface area (Å²) in [6.07, 6.45) is 15.7. The second kappa shape index (κ2) is 14.7. The molecule has 1 aliphatic heterocycles. The van der Waals surface area contributed by atoms with Crippen molar-refractivity contribution in [2.45, 2.75) is 81.3 Å². The molecule has 10 nitrogen and oxygen atoms in total. The molecule has 0 bridgehead atoms. The number of rotatable bonds is 13. The van der Waals surface area contributed by atoms with Gasteiger partial charge in [0.05, 0.1) is 16.7 Å². The molecule has 2 atom stereocenters. The Balaban J connectivity index is 1.01. The van der Waals surface area contributed by atoms with Crippen LogP contribution in [0.25, 0.3) is 5.69 Å². The Kier molecular flexibility index (Phi) is 10.2. The van der Waals surface area contributed by atoms with Crippen LogP contribution in [0.1, 0.15) is 74.3 Å². The maximum Gasteiger partial charge on any atom is 0.330 e. The first-order chi connectivity index (χ1) is 22.3. The highest BCUT2D eigenvalue weighted by molar-refractivity contribution is 7.92. The van der Waals surface area contributed by atoms with E-state index in [0.717, 1.165) is 54.2 Å². The molecule has 2 unspecified atom stereocenters. The molecular weight excluding hydrogens is 602 g/mol. The van der Waals surface area contributed by atoms with E-state index in [9.17, 15) is 18.3 Å². The average molecular weight is 646 g/mol. The first-order valence-corrected chi connectivity index (χ1v) is 17.8. The number of imidazole rings is 1. The van der Waals surface area contributed by atoms with Crippen molar-refractivity contribution >= 4 is 15.7 Å². The zero-order valence-electron chi connectivity index (χ0n) is 26.0. The number of hydrogen-bond donors (Lipinski definition) is 4. The Morgan fingerprint density at radius 1 is 1.07 bits per heavy atom. The van der Waals surface area contributed by atoms with Crippen molar-refractivity contribution in [3.05, 3.63) is 100 Å². The van der Waals surface area contributed by atoms with Gasteiger partial charge in [-0.25, -0.2) is 13.2 Å². The van der Waals surface area contributed by atoms with Crippen molar-refractivity contribution in [3.8, 4) is 11.4 Å². The van der Waals surface area contributed by atoms with E-state index < -0.39 is 16.1 Å². The Bertz CT molecular complexity index is 1750. The number of aliphatic hydroxyl groups excluding tert-OH is 1. The molecule has 11 heteroatoms. The van der Waals surface area contributed by atoms with E-state index in [1.807, 2.05) is 18.3 Å². The van der Waals surface area contributed by atoms with Gasteiger partial charge in [0.2, 0.25) is 0 Å². The summed E-state index contributed by atoms with van der Waals surface area (Å²) in [5.74, 6) is 1.54. The number of anilines is 1. The number of sulfonamides is 1. The van der Waals surface area contributed by atoms with Crippen LogP contribution >= 0.6 is 0 Å². The third-order valence-corrected chi connectivity index (χ3v) is 10.5. The molecule has 0 radical (unpaired) electrons. The van der Waals surface area contributed by atoms with Crippen LogP contribution in [0, 0.1) is 5.92 Å². The number of hydrogen-bond acceptors (Lipinski definition) is 7. The van der Waals surface area contributed by atoms with Crippen molar-refractivity contribution in [1.82, 2.24) is 19.9 Å². The van der Waals surface area contributed by atoms with Gasteiger partial charge in [0.15, 0.2) is 0 Å². The highest BCUT2D eigenvalue weighted by Gasteiger charge is 2.22. The molecule has 0 amide bonds. The Labute approximate surface area is 270 Å². The number of aromatic nitrogens is 3. The number of fused-ring (bicyclic) bond motifs is 1. The van der Waals surface area contributed by atoms with Gasteiger partial charge in [0.25, 0.3) is 10.0 Å². The third kappa shape index (κ3) is 8.07. The zero-order chi connectivity index (χ0) is 31.9. The van der Waals surface area contributed by atoms with Crippen molar-refractivity contribution < 1.29 is 18.3 Å². The molecule has 46 heavy (non-hydrogen) atoms. The third-order valence-electron chi connectivity index (χ3n) is 9.10. The number of aryl methyl sites for hydroxylation is 2. The summed E-state index contributed by atoms with van der Waals surface area (Å²) in [6, 6.07) is 15.3. The fourth-order valence-electron chi connectivity index (χ4n) is 6.54. The van der Waals surface area contributed by atoms with Gasteiger partial charge in [-0.3, -0.25) is 14.3 Å². The van der Waals surface area contributed by atoms with Crippen LogP contribution in [0.5, 0.6) is 5.75 Å². The predicted octanol–water partition coefficient (Wildman–Crippen LogP) is 5.28. The average Bonchev–Trinajstić information content (AvgIpc) is 3.45. The van der Waals surface area contributed by atoms with Crippen molar-refractivity contribution in [3.63, 3.8) is 0 Å². The summed E-state index contributed by atoms with van der Waals surface area (Å²) in [7, 11) is -3.84. The molecule has 2 aliphatic rings. The lowest BCUT2D eigenvalue weighted by atomic mass is 9.86. The van der Waals surface area contributed by atoms with Gasteiger partial charge < -0.3 is 20.1 Å². The van der Waals surface area contributed by atoms with Crippen LogP contribution in [0.3, 0.4) is 0 Å². The highest BCUT2D eigenvalue weighted by Crippen LogP contribution is 2.31. The molecule has 1 saturated carbocycles. The van der Waals surface area contributed by atoms with Gasteiger partial charge in [0.1, 0.15) is 11.9 Å². The molecule has 1 aliphatic carbocycles. The maximum atomic E-state index is 13.2. The minimum absolute atomic E-state index is 0.0557.